The first kappa shape index (κ1) is 20.1. The largest absolute Gasteiger partial charge is 0.497 e. The summed E-state index contributed by atoms with van der Waals surface area (Å²) in [7, 11) is 1.67. The smallest absolute Gasteiger partial charge is 0.255 e. The van der Waals surface area contributed by atoms with Crippen LogP contribution in [-0.2, 0) is 4.79 Å². The van der Waals surface area contributed by atoms with E-state index in [1.807, 2.05) is 17.0 Å². The topological polar surface area (TPSA) is 87.6 Å². The Bertz CT molecular complexity index is 1070. The van der Waals surface area contributed by atoms with Gasteiger partial charge in [0, 0.05) is 30.2 Å². The first-order valence-corrected chi connectivity index (χ1v) is 10.2. The number of amides is 2. The number of methoxy groups -OCH3 is 1. The molecule has 0 aliphatic carbocycles. The molecule has 7 nitrogen and oxygen atoms in total. The number of H-pyrrole nitrogens is 1. The molecule has 1 aliphatic heterocycles. The van der Waals surface area contributed by atoms with E-state index in [-0.39, 0.29) is 18.4 Å². The Labute approximate surface area is 175 Å². The molecule has 158 valence electrons. The van der Waals surface area contributed by atoms with Gasteiger partial charge in [0.05, 0.1) is 19.2 Å². The van der Waals surface area contributed by atoms with Gasteiger partial charge in [-0.25, -0.2) is 0 Å². The maximum atomic E-state index is 12.6. The highest BCUT2D eigenvalue weighted by molar-refractivity contribution is 5.97. The van der Waals surface area contributed by atoms with Crippen LogP contribution >= 0.6 is 0 Å². The second-order valence-corrected chi connectivity index (χ2v) is 7.82. The van der Waals surface area contributed by atoms with Crippen LogP contribution in [0.15, 0.2) is 34.9 Å². The zero-order chi connectivity index (χ0) is 21.3. The Morgan fingerprint density at radius 1 is 1.23 bits per heavy atom. The van der Waals surface area contributed by atoms with Crippen LogP contribution in [0.1, 0.15) is 46.2 Å². The molecule has 0 bridgehead atoms. The number of carbonyl (C=O) groups excluding carboxylic acids is 2. The van der Waals surface area contributed by atoms with Crippen molar-refractivity contribution in [3.8, 4) is 5.75 Å². The molecule has 1 aliphatic rings. The lowest BCUT2D eigenvalue weighted by Gasteiger charge is -2.32. The van der Waals surface area contributed by atoms with Gasteiger partial charge in [-0.15, -0.1) is 0 Å². The molecule has 2 aromatic heterocycles. The van der Waals surface area contributed by atoms with Gasteiger partial charge in [0.25, 0.3) is 5.91 Å². The number of carbonyl (C=O) groups is 2. The van der Waals surface area contributed by atoms with Gasteiger partial charge in [0.2, 0.25) is 5.91 Å². The van der Waals surface area contributed by atoms with Crippen molar-refractivity contribution in [2.45, 2.75) is 32.6 Å². The number of hydrogen-bond donors (Lipinski definition) is 2. The SMILES string of the molecule is COc1ccc2[nH]cc(C3CCN(C(=O)CNC(=O)c4cc(C)oc4C)CC3)c2c1. The van der Waals surface area contributed by atoms with E-state index in [1.54, 1.807) is 27.0 Å². The minimum absolute atomic E-state index is 0.00253. The first-order valence-electron chi connectivity index (χ1n) is 10.2. The molecule has 0 saturated carbocycles. The predicted octanol–water partition coefficient (Wildman–Crippen LogP) is 3.52. The first-order chi connectivity index (χ1) is 14.5. The maximum Gasteiger partial charge on any atom is 0.255 e. The maximum absolute atomic E-state index is 12.6. The highest BCUT2D eigenvalue weighted by Crippen LogP contribution is 2.34. The van der Waals surface area contributed by atoms with Crippen molar-refractivity contribution >= 4 is 22.7 Å². The van der Waals surface area contributed by atoms with Crippen LogP contribution in [0.25, 0.3) is 10.9 Å². The van der Waals surface area contributed by atoms with Gasteiger partial charge in [-0.2, -0.15) is 0 Å². The summed E-state index contributed by atoms with van der Waals surface area (Å²) >= 11 is 0. The Morgan fingerprint density at radius 2 is 2.00 bits per heavy atom. The van der Waals surface area contributed by atoms with E-state index in [9.17, 15) is 9.59 Å². The normalized spacial score (nSPS) is 14.8. The highest BCUT2D eigenvalue weighted by Gasteiger charge is 2.26. The molecule has 7 heteroatoms. The average molecular weight is 409 g/mol. The van der Waals surface area contributed by atoms with E-state index in [4.69, 9.17) is 9.15 Å². The molecule has 0 unspecified atom stereocenters. The lowest BCUT2D eigenvalue weighted by Crippen LogP contribution is -2.43. The van der Waals surface area contributed by atoms with E-state index >= 15 is 0 Å². The van der Waals surface area contributed by atoms with Crippen molar-refractivity contribution in [1.29, 1.82) is 0 Å². The van der Waals surface area contributed by atoms with Gasteiger partial charge in [-0.05, 0) is 62.4 Å². The quantitative estimate of drug-likeness (QED) is 0.675. The number of rotatable bonds is 5. The fourth-order valence-electron chi connectivity index (χ4n) is 4.25. The molecular weight excluding hydrogens is 382 g/mol. The summed E-state index contributed by atoms with van der Waals surface area (Å²) in [5.41, 5.74) is 2.85. The van der Waals surface area contributed by atoms with E-state index in [0.29, 0.717) is 36.1 Å². The lowest BCUT2D eigenvalue weighted by molar-refractivity contribution is -0.131. The van der Waals surface area contributed by atoms with Crippen molar-refractivity contribution in [3.63, 3.8) is 0 Å². The van der Waals surface area contributed by atoms with Crippen molar-refractivity contribution in [1.82, 2.24) is 15.2 Å². The Kier molecular flexibility index (Phi) is 5.53. The third kappa shape index (κ3) is 3.92. The van der Waals surface area contributed by atoms with E-state index in [2.05, 4.69) is 22.6 Å². The summed E-state index contributed by atoms with van der Waals surface area (Å²) in [5, 5.41) is 3.89. The summed E-state index contributed by atoms with van der Waals surface area (Å²) in [6.07, 6.45) is 3.86. The van der Waals surface area contributed by atoms with E-state index in [1.165, 1.54) is 10.9 Å². The molecule has 2 amide bonds. The van der Waals surface area contributed by atoms with Gasteiger partial charge < -0.3 is 24.4 Å². The number of likely N-dealkylation sites (tertiary alicyclic amines) is 1. The minimum Gasteiger partial charge on any atom is -0.497 e. The number of hydrogen-bond acceptors (Lipinski definition) is 4. The van der Waals surface area contributed by atoms with Gasteiger partial charge in [0.15, 0.2) is 0 Å². The van der Waals surface area contributed by atoms with Crippen molar-refractivity contribution < 1.29 is 18.7 Å². The summed E-state index contributed by atoms with van der Waals surface area (Å²) < 4.78 is 10.7. The van der Waals surface area contributed by atoms with Crippen LogP contribution in [0.5, 0.6) is 5.75 Å². The van der Waals surface area contributed by atoms with Crippen LogP contribution in [0, 0.1) is 13.8 Å². The van der Waals surface area contributed by atoms with Gasteiger partial charge in [0.1, 0.15) is 17.3 Å². The number of piperidine rings is 1. The Hall–Kier alpha value is -3.22. The number of aryl methyl sites for hydroxylation is 2. The zero-order valence-corrected chi connectivity index (χ0v) is 17.6. The number of nitrogens with one attached hydrogen (secondary N) is 2. The third-order valence-corrected chi connectivity index (χ3v) is 5.89. The van der Waals surface area contributed by atoms with Crippen LogP contribution in [0.4, 0.5) is 0 Å². The molecular formula is C23H27N3O4. The number of furan rings is 1. The molecule has 1 saturated heterocycles. The van der Waals surface area contributed by atoms with Crippen LogP contribution < -0.4 is 10.1 Å². The van der Waals surface area contributed by atoms with Crippen LogP contribution in [-0.4, -0.2) is 48.4 Å². The Balaban J connectivity index is 1.34. The standard InChI is InChI=1S/C23H27N3O4/c1-14-10-18(15(2)30-14)23(28)25-13-22(27)26-8-6-16(7-9-26)20-12-24-21-5-4-17(29-3)11-19(20)21/h4-5,10-12,16,24H,6-9,13H2,1-3H3,(H,25,28). The zero-order valence-electron chi connectivity index (χ0n) is 17.6. The molecule has 1 aromatic carbocycles. The van der Waals surface area contributed by atoms with Crippen molar-refractivity contribution in [3.05, 3.63) is 53.1 Å². The molecule has 4 rings (SSSR count). The van der Waals surface area contributed by atoms with Crippen molar-refractivity contribution in [2.24, 2.45) is 0 Å². The second-order valence-electron chi connectivity index (χ2n) is 7.82. The summed E-state index contributed by atoms with van der Waals surface area (Å²) in [6.45, 7) is 4.90. The lowest BCUT2D eigenvalue weighted by atomic mass is 9.89. The molecule has 0 spiro atoms. The minimum atomic E-state index is -0.277. The summed E-state index contributed by atoms with van der Waals surface area (Å²) in [6, 6.07) is 7.73. The molecule has 0 atom stereocenters. The number of fused-ring (bicyclic) bond motifs is 1. The third-order valence-electron chi connectivity index (χ3n) is 5.89. The molecule has 3 heterocycles. The second kappa shape index (κ2) is 8.26. The summed E-state index contributed by atoms with van der Waals surface area (Å²) in [4.78, 5) is 30.0. The predicted molar refractivity (Wildman–Crippen MR) is 114 cm³/mol. The van der Waals surface area contributed by atoms with E-state index in [0.717, 1.165) is 24.1 Å². The van der Waals surface area contributed by atoms with Gasteiger partial charge >= 0.3 is 0 Å². The van der Waals surface area contributed by atoms with Gasteiger partial charge in [-0.1, -0.05) is 0 Å². The molecule has 2 N–H and O–H groups in total. The fourth-order valence-corrected chi connectivity index (χ4v) is 4.25. The molecule has 30 heavy (non-hydrogen) atoms. The summed E-state index contributed by atoms with van der Waals surface area (Å²) in [5.74, 6) is 2.14. The highest BCUT2D eigenvalue weighted by atomic mass is 16.5. The number of nitrogens with zero attached hydrogens (tertiary/aromatic N) is 1. The van der Waals surface area contributed by atoms with Crippen molar-refractivity contribution in [2.75, 3.05) is 26.7 Å². The molecule has 3 aromatic rings. The number of aromatic amines is 1. The van der Waals surface area contributed by atoms with E-state index < -0.39 is 0 Å². The van der Waals surface area contributed by atoms with Gasteiger partial charge in [-0.3, -0.25) is 9.59 Å². The molecule has 1 fully saturated rings. The Morgan fingerprint density at radius 3 is 2.67 bits per heavy atom. The monoisotopic (exact) mass is 409 g/mol. The average Bonchev–Trinajstić information content (AvgIpc) is 3.33. The number of aromatic nitrogens is 1. The number of benzene rings is 1. The fraction of sp³-hybridized carbons (Fsp3) is 0.391. The number of ether oxygens (including phenoxy) is 1. The van der Waals surface area contributed by atoms with Crippen LogP contribution in [0.3, 0.4) is 0 Å². The van der Waals surface area contributed by atoms with Crippen LogP contribution in [0.2, 0.25) is 0 Å². The molecule has 0 radical (unpaired) electrons.